The molecule has 1 aromatic carbocycles. The Balaban J connectivity index is 1.72. The summed E-state index contributed by atoms with van der Waals surface area (Å²) >= 11 is 0. The van der Waals surface area contributed by atoms with Crippen LogP contribution >= 0.6 is 0 Å². The van der Waals surface area contributed by atoms with Crippen LogP contribution in [0.2, 0.25) is 0 Å². The van der Waals surface area contributed by atoms with Gasteiger partial charge < -0.3 is 19.9 Å². The van der Waals surface area contributed by atoms with Crippen molar-refractivity contribution in [2.24, 2.45) is 5.41 Å². The minimum Gasteiger partial charge on any atom is -0.491 e. The maximum absolute atomic E-state index is 11.0. The minimum absolute atomic E-state index is 0.196. The maximum atomic E-state index is 11.0. The van der Waals surface area contributed by atoms with Crippen LogP contribution in [0.3, 0.4) is 0 Å². The van der Waals surface area contributed by atoms with Gasteiger partial charge in [0.15, 0.2) is 0 Å². The molecule has 2 N–H and O–H groups in total. The van der Waals surface area contributed by atoms with Crippen LogP contribution < -0.4 is 10.1 Å². The molecule has 1 fully saturated rings. The van der Waals surface area contributed by atoms with Gasteiger partial charge in [-0.25, -0.2) is 4.79 Å². The Morgan fingerprint density at radius 3 is 2.84 bits per heavy atom. The van der Waals surface area contributed by atoms with Crippen molar-refractivity contribution in [1.82, 2.24) is 5.32 Å². The van der Waals surface area contributed by atoms with Gasteiger partial charge in [-0.1, -0.05) is 19.1 Å². The number of nitrogens with one attached hydrogen (secondary N) is 1. The smallest absolute Gasteiger partial charge is 0.339 e. The van der Waals surface area contributed by atoms with E-state index in [1.54, 1.807) is 18.2 Å². The molecule has 0 aliphatic carbocycles. The van der Waals surface area contributed by atoms with Gasteiger partial charge in [-0.15, -0.1) is 0 Å². The fraction of sp³-hybridized carbons (Fsp3) is 0.500. The Hall–Kier alpha value is -1.59. The van der Waals surface area contributed by atoms with Crippen molar-refractivity contribution in [2.45, 2.75) is 6.92 Å². The molecule has 1 saturated heterocycles. The topological polar surface area (TPSA) is 67.8 Å². The number of ether oxygens (including phenoxy) is 2. The third-order valence-electron chi connectivity index (χ3n) is 3.11. The number of aromatic carboxylic acids is 1. The van der Waals surface area contributed by atoms with Gasteiger partial charge in [0.2, 0.25) is 0 Å². The van der Waals surface area contributed by atoms with Crippen LogP contribution in [0, 0.1) is 5.41 Å². The number of carboxylic acids is 1. The summed E-state index contributed by atoms with van der Waals surface area (Å²) < 4.78 is 10.7. The lowest BCUT2D eigenvalue weighted by Gasteiger charge is -2.38. The molecule has 1 aliphatic heterocycles. The standard InChI is InChI=1S/C14H19NO4/c1-14(9-18-10-14)8-15-6-7-19-12-5-3-2-4-11(12)13(16)17/h2-5,15H,6-10H2,1H3,(H,16,17). The summed E-state index contributed by atoms with van der Waals surface area (Å²) in [6.45, 7) is 5.78. The normalized spacial score (nSPS) is 16.7. The first kappa shape index (κ1) is 13.8. The van der Waals surface area contributed by atoms with Gasteiger partial charge in [0.1, 0.15) is 17.9 Å². The van der Waals surface area contributed by atoms with E-state index in [-0.39, 0.29) is 11.0 Å². The van der Waals surface area contributed by atoms with E-state index in [0.717, 1.165) is 19.8 Å². The number of para-hydroxylation sites is 1. The quantitative estimate of drug-likeness (QED) is 0.729. The Kier molecular flexibility index (Phi) is 4.39. The van der Waals surface area contributed by atoms with Crippen molar-refractivity contribution in [3.63, 3.8) is 0 Å². The summed E-state index contributed by atoms with van der Waals surface area (Å²) in [5.41, 5.74) is 0.431. The van der Waals surface area contributed by atoms with E-state index in [1.807, 2.05) is 0 Å². The zero-order valence-corrected chi connectivity index (χ0v) is 11.0. The number of rotatable bonds is 7. The zero-order valence-electron chi connectivity index (χ0n) is 11.0. The van der Waals surface area contributed by atoms with E-state index in [2.05, 4.69) is 12.2 Å². The summed E-state index contributed by atoms with van der Waals surface area (Å²) in [5, 5.41) is 12.3. The van der Waals surface area contributed by atoms with E-state index < -0.39 is 5.97 Å². The molecule has 0 spiro atoms. The Morgan fingerprint density at radius 2 is 2.21 bits per heavy atom. The van der Waals surface area contributed by atoms with Gasteiger partial charge in [-0.2, -0.15) is 0 Å². The molecule has 0 amide bonds. The van der Waals surface area contributed by atoms with E-state index in [0.29, 0.717) is 18.9 Å². The molecule has 0 saturated carbocycles. The number of hydrogen-bond acceptors (Lipinski definition) is 4. The highest BCUT2D eigenvalue weighted by Crippen LogP contribution is 2.24. The predicted molar refractivity (Wildman–Crippen MR) is 70.7 cm³/mol. The van der Waals surface area contributed by atoms with Crippen molar-refractivity contribution in [3.05, 3.63) is 29.8 Å². The molecule has 5 heteroatoms. The second kappa shape index (κ2) is 6.04. The molecule has 0 atom stereocenters. The van der Waals surface area contributed by atoms with E-state index >= 15 is 0 Å². The molecule has 1 heterocycles. The first-order valence-corrected chi connectivity index (χ1v) is 6.34. The molecule has 0 unspecified atom stereocenters. The molecule has 5 nitrogen and oxygen atoms in total. The van der Waals surface area contributed by atoms with Gasteiger partial charge in [-0.3, -0.25) is 0 Å². The molecule has 1 aromatic rings. The lowest BCUT2D eigenvalue weighted by atomic mass is 9.89. The molecule has 2 rings (SSSR count). The van der Waals surface area contributed by atoms with Gasteiger partial charge >= 0.3 is 5.97 Å². The van der Waals surface area contributed by atoms with Crippen molar-refractivity contribution in [2.75, 3.05) is 32.9 Å². The van der Waals surface area contributed by atoms with Crippen LogP contribution in [0.15, 0.2) is 24.3 Å². The Bertz CT molecular complexity index is 443. The number of benzene rings is 1. The highest BCUT2D eigenvalue weighted by Gasteiger charge is 2.32. The molecule has 0 bridgehead atoms. The second-order valence-corrected chi connectivity index (χ2v) is 5.13. The van der Waals surface area contributed by atoms with E-state index in [4.69, 9.17) is 14.6 Å². The van der Waals surface area contributed by atoms with Gasteiger partial charge in [0, 0.05) is 18.5 Å². The summed E-state index contributed by atoms with van der Waals surface area (Å²) in [4.78, 5) is 11.0. The van der Waals surface area contributed by atoms with E-state index in [1.165, 1.54) is 6.07 Å². The van der Waals surface area contributed by atoms with Crippen LogP contribution in [0.25, 0.3) is 0 Å². The number of carbonyl (C=O) groups is 1. The van der Waals surface area contributed by atoms with Crippen LogP contribution in [-0.2, 0) is 4.74 Å². The van der Waals surface area contributed by atoms with Crippen molar-refractivity contribution >= 4 is 5.97 Å². The third kappa shape index (κ3) is 3.68. The highest BCUT2D eigenvalue weighted by atomic mass is 16.5. The van der Waals surface area contributed by atoms with Gasteiger partial charge in [0.25, 0.3) is 0 Å². The molecule has 0 radical (unpaired) electrons. The summed E-state index contributed by atoms with van der Waals surface area (Å²) in [7, 11) is 0. The Labute approximate surface area is 112 Å². The highest BCUT2D eigenvalue weighted by molar-refractivity contribution is 5.90. The van der Waals surface area contributed by atoms with Crippen molar-refractivity contribution < 1.29 is 19.4 Å². The van der Waals surface area contributed by atoms with Crippen LogP contribution in [-0.4, -0.2) is 44.0 Å². The molecule has 1 aliphatic rings. The number of carboxylic acid groups (broad SMARTS) is 1. The predicted octanol–water partition coefficient (Wildman–Crippen LogP) is 1.39. The van der Waals surface area contributed by atoms with Gasteiger partial charge in [0.05, 0.1) is 13.2 Å². The first-order valence-electron chi connectivity index (χ1n) is 6.34. The first-order chi connectivity index (χ1) is 9.11. The monoisotopic (exact) mass is 265 g/mol. The summed E-state index contributed by atoms with van der Waals surface area (Å²) in [6.07, 6.45) is 0. The van der Waals surface area contributed by atoms with Gasteiger partial charge in [-0.05, 0) is 12.1 Å². The molecular formula is C14H19NO4. The maximum Gasteiger partial charge on any atom is 0.339 e. The SMILES string of the molecule is CC1(CNCCOc2ccccc2C(=O)O)COC1. The molecule has 19 heavy (non-hydrogen) atoms. The van der Waals surface area contributed by atoms with Crippen LogP contribution in [0.5, 0.6) is 5.75 Å². The fourth-order valence-corrected chi connectivity index (χ4v) is 1.95. The fourth-order valence-electron chi connectivity index (χ4n) is 1.95. The zero-order chi connectivity index (χ0) is 13.7. The lowest BCUT2D eigenvalue weighted by Crippen LogP contribution is -2.47. The van der Waals surface area contributed by atoms with Crippen LogP contribution in [0.1, 0.15) is 17.3 Å². The van der Waals surface area contributed by atoms with Crippen molar-refractivity contribution in [3.8, 4) is 5.75 Å². The average Bonchev–Trinajstić information content (AvgIpc) is 2.36. The third-order valence-corrected chi connectivity index (χ3v) is 3.11. The van der Waals surface area contributed by atoms with Crippen molar-refractivity contribution in [1.29, 1.82) is 0 Å². The minimum atomic E-state index is -0.970. The molecular weight excluding hydrogens is 246 g/mol. The number of hydrogen-bond donors (Lipinski definition) is 2. The van der Waals surface area contributed by atoms with Crippen LogP contribution in [0.4, 0.5) is 0 Å². The molecule has 104 valence electrons. The summed E-state index contributed by atoms with van der Waals surface area (Å²) in [6, 6.07) is 6.66. The molecule has 0 aromatic heterocycles. The lowest BCUT2D eigenvalue weighted by molar-refractivity contribution is -0.0990. The largest absolute Gasteiger partial charge is 0.491 e. The average molecular weight is 265 g/mol. The van der Waals surface area contributed by atoms with E-state index in [9.17, 15) is 4.79 Å². The summed E-state index contributed by atoms with van der Waals surface area (Å²) in [5.74, 6) is -0.558. The second-order valence-electron chi connectivity index (χ2n) is 5.13. The Morgan fingerprint density at radius 1 is 1.47 bits per heavy atom.